The van der Waals surface area contributed by atoms with E-state index in [2.05, 4.69) is 10.4 Å². The lowest BCUT2D eigenvalue weighted by atomic mass is 10.2. The number of amides is 1. The SMILES string of the molecule is O=C(Nc1ccnn1Cc1cccc(Cl)c1)C1COc2ccccc2O1. The van der Waals surface area contributed by atoms with Gasteiger partial charge in [0.25, 0.3) is 5.91 Å². The van der Waals surface area contributed by atoms with Gasteiger partial charge in [0.2, 0.25) is 6.10 Å². The zero-order valence-corrected chi connectivity index (χ0v) is 14.5. The molecule has 2 aromatic carbocycles. The smallest absolute Gasteiger partial charge is 0.270 e. The van der Waals surface area contributed by atoms with Crippen molar-refractivity contribution in [3.8, 4) is 11.5 Å². The fourth-order valence-corrected chi connectivity index (χ4v) is 2.94. The number of carbonyl (C=O) groups is 1. The van der Waals surface area contributed by atoms with Crippen LogP contribution in [0.4, 0.5) is 5.82 Å². The van der Waals surface area contributed by atoms with Crippen molar-refractivity contribution in [3.63, 3.8) is 0 Å². The summed E-state index contributed by atoms with van der Waals surface area (Å²) < 4.78 is 13.0. The Labute approximate surface area is 155 Å². The van der Waals surface area contributed by atoms with Crippen LogP contribution in [0.25, 0.3) is 0 Å². The van der Waals surface area contributed by atoms with Crippen molar-refractivity contribution in [3.05, 3.63) is 71.4 Å². The molecule has 1 aliphatic rings. The number of hydrogen-bond acceptors (Lipinski definition) is 4. The predicted molar refractivity (Wildman–Crippen MR) is 97.8 cm³/mol. The van der Waals surface area contributed by atoms with Crippen LogP contribution in [0.2, 0.25) is 5.02 Å². The van der Waals surface area contributed by atoms with Gasteiger partial charge >= 0.3 is 0 Å². The summed E-state index contributed by atoms with van der Waals surface area (Å²) in [5.74, 6) is 1.50. The van der Waals surface area contributed by atoms with Crippen molar-refractivity contribution < 1.29 is 14.3 Å². The zero-order valence-electron chi connectivity index (χ0n) is 13.8. The first-order chi connectivity index (χ1) is 12.7. The monoisotopic (exact) mass is 369 g/mol. The lowest BCUT2D eigenvalue weighted by Crippen LogP contribution is -2.40. The second-order valence-electron chi connectivity index (χ2n) is 5.86. The number of benzene rings is 2. The summed E-state index contributed by atoms with van der Waals surface area (Å²) in [4.78, 5) is 12.6. The van der Waals surface area contributed by atoms with Crippen molar-refractivity contribution in [1.29, 1.82) is 0 Å². The number of nitrogens with one attached hydrogen (secondary N) is 1. The summed E-state index contributed by atoms with van der Waals surface area (Å²) in [6.07, 6.45) is 0.910. The van der Waals surface area contributed by atoms with Crippen LogP contribution in [0.3, 0.4) is 0 Å². The highest BCUT2D eigenvalue weighted by Crippen LogP contribution is 2.31. The molecule has 1 N–H and O–H groups in total. The van der Waals surface area contributed by atoms with Crippen LogP contribution in [0.15, 0.2) is 60.8 Å². The number of hydrogen-bond donors (Lipinski definition) is 1. The Bertz CT molecular complexity index is 941. The van der Waals surface area contributed by atoms with Crippen molar-refractivity contribution in [2.24, 2.45) is 0 Å². The van der Waals surface area contributed by atoms with Gasteiger partial charge in [0, 0.05) is 11.1 Å². The van der Waals surface area contributed by atoms with Gasteiger partial charge in [-0.3, -0.25) is 4.79 Å². The topological polar surface area (TPSA) is 65.4 Å². The summed E-state index contributed by atoms with van der Waals surface area (Å²) in [6.45, 7) is 0.652. The number of ether oxygens (including phenoxy) is 2. The normalized spacial score (nSPS) is 15.5. The molecule has 3 aromatic rings. The molecule has 1 aromatic heterocycles. The first kappa shape index (κ1) is 16.5. The van der Waals surface area contributed by atoms with Gasteiger partial charge in [0.05, 0.1) is 12.7 Å². The van der Waals surface area contributed by atoms with Crippen LogP contribution in [0.1, 0.15) is 5.56 Å². The predicted octanol–water partition coefficient (Wildman–Crippen LogP) is 3.36. The van der Waals surface area contributed by atoms with Gasteiger partial charge in [-0.15, -0.1) is 0 Å². The van der Waals surface area contributed by atoms with Crippen molar-refractivity contribution in [2.75, 3.05) is 11.9 Å². The summed E-state index contributed by atoms with van der Waals surface area (Å²) >= 11 is 6.02. The van der Waals surface area contributed by atoms with Crippen LogP contribution in [0, 0.1) is 0 Å². The first-order valence-corrected chi connectivity index (χ1v) is 8.52. The Kier molecular flexibility index (Phi) is 4.50. The molecular formula is C19H16ClN3O3. The standard InChI is InChI=1S/C19H16ClN3O3/c20-14-5-3-4-13(10-14)11-23-18(8-9-21-23)22-19(24)17-12-25-15-6-1-2-7-16(15)26-17/h1-10,17H,11-12H2,(H,22,24). The summed E-state index contributed by atoms with van der Waals surface area (Å²) in [5.41, 5.74) is 0.989. The van der Waals surface area contributed by atoms with E-state index in [4.69, 9.17) is 21.1 Å². The van der Waals surface area contributed by atoms with E-state index >= 15 is 0 Å². The van der Waals surface area contributed by atoms with Gasteiger partial charge in [-0.25, -0.2) is 4.68 Å². The number of halogens is 1. The average molecular weight is 370 g/mol. The molecule has 4 rings (SSSR count). The van der Waals surface area contributed by atoms with Gasteiger partial charge in [0.1, 0.15) is 12.4 Å². The van der Waals surface area contributed by atoms with E-state index in [1.807, 2.05) is 42.5 Å². The van der Waals surface area contributed by atoms with Crippen LogP contribution < -0.4 is 14.8 Å². The van der Waals surface area contributed by atoms with Crippen molar-refractivity contribution in [1.82, 2.24) is 9.78 Å². The van der Waals surface area contributed by atoms with E-state index in [1.54, 1.807) is 23.0 Å². The van der Waals surface area contributed by atoms with Gasteiger partial charge in [-0.1, -0.05) is 35.9 Å². The molecule has 6 nitrogen and oxygen atoms in total. The molecule has 0 fully saturated rings. The molecule has 1 atom stereocenters. The van der Waals surface area contributed by atoms with Gasteiger partial charge in [0.15, 0.2) is 11.5 Å². The molecule has 0 saturated carbocycles. The number of fused-ring (bicyclic) bond motifs is 1. The third-order valence-corrected chi connectivity index (χ3v) is 4.23. The van der Waals surface area contributed by atoms with Crippen LogP contribution >= 0.6 is 11.6 Å². The van der Waals surface area contributed by atoms with E-state index in [0.29, 0.717) is 28.9 Å². The van der Waals surface area contributed by atoms with Gasteiger partial charge < -0.3 is 14.8 Å². The van der Waals surface area contributed by atoms with E-state index < -0.39 is 6.10 Å². The summed E-state index contributed by atoms with van der Waals surface area (Å²) in [6, 6.07) is 16.5. The number of aromatic nitrogens is 2. The molecule has 0 spiro atoms. The van der Waals surface area contributed by atoms with Crippen LogP contribution in [0.5, 0.6) is 11.5 Å². The molecular weight excluding hydrogens is 354 g/mol. The van der Waals surface area contributed by atoms with E-state index in [9.17, 15) is 4.79 Å². The lowest BCUT2D eigenvalue weighted by molar-refractivity contribution is -0.125. The third kappa shape index (κ3) is 3.50. The highest BCUT2D eigenvalue weighted by atomic mass is 35.5. The maximum Gasteiger partial charge on any atom is 0.270 e. The van der Waals surface area contributed by atoms with E-state index in [1.165, 1.54) is 0 Å². The minimum absolute atomic E-state index is 0.158. The van der Waals surface area contributed by atoms with Crippen molar-refractivity contribution in [2.45, 2.75) is 12.6 Å². The lowest BCUT2D eigenvalue weighted by Gasteiger charge is -2.25. The number of para-hydroxylation sites is 2. The third-order valence-electron chi connectivity index (χ3n) is 3.99. The minimum Gasteiger partial charge on any atom is -0.485 e. The zero-order chi connectivity index (χ0) is 17.9. The summed E-state index contributed by atoms with van der Waals surface area (Å²) in [5, 5.41) is 7.77. The maximum atomic E-state index is 12.6. The molecule has 26 heavy (non-hydrogen) atoms. The number of anilines is 1. The fourth-order valence-electron chi connectivity index (χ4n) is 2.73. The number of rotatable bonds is 4. The molecule has 0 aliphatic carbocycles. The number of nitrogens with zero attached hydrogens (tertiary/aromatic N) is 2. The highest BCUT2D eigenvalue weighted by molar-refractivity contribution is 6.30. The molecule has 132 valence electrons. The first-order valence-electron chi connectivity index (χ1n) is 8.14. The Hall–Kier alpha value is -2.99. The Balaban J connectivity index is 1.45. The van der Waals surface area contributed by atoms with Gasteiger partial charge in [-0.2, -0.15) is 5.10 Å². The molecule has 1 aliphatic heterocycles. The molecule has 1 unspecified atom stereocenters. The Morgan fingerprint density at radius 3 is 2.88 bits per heavy atom. The second kappa shape index (κ2) is 7.09. The minimum atomic E-state index is -0.723. The van der Waals surface area contributed by atoms with E-state index in [0.717, 1.165) is 5.56 Å². The molecule has 0 bridgehead atoms. The molecule has 0 saturated heterocycles. The largest absolute Gasteiger partial charge is 0.485 e. The average Bonchev–Trinajstić information content (AvgIpc) is 3.08. The van der Waals surface area contributed by atoms with Crippen molar-refractivity contribution >= 4 is 23.3 Å². The van der Waals surface area contributed by atoms with Crippen LogP contribution in [-0.2, 0) is 11.3 Å². The quantitative estimate of drug-likeness (QED) is 0.765. The molecule has 2 heterocycles. The van der Waals surface area contributed by atoms with Gasteiger partial charge in [-0.05, 0) is 29.8 Å². The Morgan fingerprint density at radius 2 is 2.04 bits per heavy atom. The van der Waals surface area contributed by atoms with Crippen LogP contribution in [-0.4, -0.2) is 28.4 Å². The summed E-state index contributed by atoms with van der Waals surface area (Å²) in [7, 11) is 0. The van der Waals surface area contributed by atoms with E-state index in [-0.39, 0.29) is 12.5 Å². The molecule has 0 radical (unpaired) electrons. The Morgan fingerprint density at radius 1 is 1.19 bits per heavy atom. The highest BCUT2D eigenvalue weighted by Gasteiger charge is 2.27. The molecule has 7 heteroatoms. The number of carbonyl (C=O) groups excluding carboxylic acids is 1. The maximum absolute atomic E-state index is 12.6. The molecule has 1 amide bonds. The second-order valence-corrected chi connectivity index (χ2v) is 6.29. The fraction of sp³-hybridized carbons (Fsp3) is 0.158.